The predicted octanol–water partition coefficient (Wildman–Crippen LogP) is 3.04. The highest BCUT2D eigenvalue weighted by atomic mass is 19.1. The molecule has 1 aromatic heterocycles. The summed E-state index contributed by atoms with van der Waals surface area (Å²) in [5.41, 5.74) is -0.528. The summed E-state index contributed by atoms with van der Waals surface area (Å²) in [4.78, 5) is 17.5. The molecular formula is C17H15F3N2O2. The number of rotatable bonds is 4. The van der Waals surface area contributed by atoms with Crippen molar-refractivity contribution in [3.8, 4) is 5.88 Å². The molecule has 4 nitrogen and oxygen atoms in total. The first-order chi connectivity index (χ1) is 11.5. The first-order valence-corrected chi connectivity index (χ1v) is 7.52. The fraction of sp³-hybridized carbons (Fsp3) is 0.294. The topological polar surface area (TPSA) is 42.4 Å². The molecule has 1 unspecified atom stereocenters. The largest absolute Gasteiger partial charge is 0.477 e. The van der Waals surface area contributed by atoms with Crippen LogP contribution in [0.15, 0.2) is 36.5 Å². The Morgan fingerprint density at radius 2 is 1.96 bits per heavy atom. The third kappa shape index (κ3) is 3.50. The summed E-state index contributed by atoms with van der Waals surface area (Å²) in [7, 11) is 0. The minimum atomic E-state index is -0.866. The van der Waals surface area contributed by atoms with Gasteiger partial charge in [0.25, 0.3) is 5.91 Å². The van der Waals surface area contributed by atoms with Gasteiger partial charge in [-0.3, -0.25) is 4.79 Å². The van der Waals surface area contributed by atoms with E-state index in [0.29, 0.717) is 32.0 Å². The van der Waals surface area contributed by atoms with Crippen LogP contribution in [-0.4, -0.2) is 35.5 Å². The third-order valence-corrected chi connectivity index (χ3v) is 3.92. The molecular weight excluding hydrogens is 321 g/mol. The Kier molecular flexibility index (Phi) is 4.69. The lowest BCUT2D eigenvalue weighted by Crippen LogP contribution is -2.31. The molecule has 2 aromatic rings. The Hall–Kier alpha value is -2.57. The number of carbonyl (C=O) groups is 1. The van der Waals surface area contributed by atoms with E-state index in [1.54, 1.807) is 0 Å². The van der Waals surface area contributed by atoms with Crippen LogP contribution < -0.4 is 4.74 Å². The minimum absolute atomic E-state index is 0.0237. The average Bonchev–Trinajstić information content (AvgIpc) is 3.03. The lowest BCUT2D eigenvalue weighted by molar-refractivity contribution is 0.0773. The van der Waals surface area contributed by atoms with Crippen LogP contribution in [0.3, 0.4) is 0 Å². The van der Waals surface area contributed by atoms with Crippen LogP contribution >= 0.6 is 0 Å². The van der Waals surface area contributed by atoms with Gasteiger partial charge in [-0.05, 0) is 24.6 Å². The molecule has 126 valence electrons. The van der Waals surface area contributed by atoms with Gasteiger partial charge >= 0.3 is 0 Å². The monoisotopic (exact) mass is 336 g/mol. The number of ether oxygens (including phenoxy) is 1. The summed E-state index contributed by atoms with van der Waals surface area (Å²) in [6.07, 6.45) is 1.71. The number of amides is 1. The highest BCUT2D eigenvalue weighted by Gasteiger charge is 2.30. The summed E-state index contributed by atoms with van der Waals surface area (Å²) >= 11 is 0. The van der Waals surface area contributed by atoms with E-state index in [-0.39, 0.29) is 5.92 Å². The Balaban J connectivity index is 1.59. The Morgan fingerprint density at radius 1 is 1.21 bits per heavy atom. The van der Waals surface area contributed by atoms with Crippen LogP contribution in [0.5, 0.6) is 5.88 Å². The quantitative estimate of drug-likeness (QED) is 0.862. The average molecular weight is 336 g/mol. The Morgan fingerprint density at radius 3 is 2.62 bits per heavy atom. The first-order valence-electron chi connectivity index (χ1n) is 7.52. The van der Waals surface area contributed by atoms with Gasteiger partial charge in [0.05, 0.1) is 12.8 Å². The van der Waals surface area contributed by atoms with Crippen molar-refractivity contribution < 1.29 is 22.7 Å². The molecule has 1 aromatic carbocycles. The van der Waals surface area contributed by atoms with Crippen molar-refractivity contribution in [2.75, 3.05) is 19.7 Å². The molecule has 0 aliphatic carbocycles. The van der Waals surface area contributed by atoms with E-state index in [2.05, 4.69) is 4.98 Å². The van der Waals surface area contributed by atoms with Gasteiger partial charge < -0.3 is 9.64 Å². The van der Waals surface area contributed by atoms with Crippen molar-refractivity contribution in [2.45, 2.75) is 6.42 Å². The van der Waals surface area contributed by atoms with Crippen molar-refractivity contribution in [1.29, 1.82) is 0 Å². The van der Waals surface area contributed by atoms with Crippen LogP contribution in [0, 0.1) is 23.4 Å². The van der Waals surface area contributed by atoms with Gasteiger partial charge in [0, 0.05) is 25.1 Å². The minimum Gasteiger partial charge on any atom is -0.477 e. The zero-order valence-corrected chi connectivity index (χ0v) is 12.7. The van der Waals surface area contributed by atoms with Gasteiger partial charge in [0.15, 0.2) is 0 Å². The lowest BCUT2D eigenvalue weighted by Gasteiger charge is -2.17. The Labute approximate surface area is 136 Å². The molecule has 0 radical (unpaired) electrons. The van der Waals surface area contributed by atoms with Crippen molar-refractivity contribution in [2.24, 2.45) is 5.92 Å². The molecule has 1 aliphatic rings. The fourth-order valence-electron chi connectivity index (χ4n) is 2.66. The zero-order chi connectivity index (χ0) is 17.1. The molecule has 1 atom stereocenters. The van der Waals surface area contributed by atoms with E-state index in [1.165, 1.54) is 23.1 Å². The second-order valence-corrected chi connectivity index (χ2v) is 5.63. The molecule has 1 amide bonds. The standard InChI is InChI=1S/C17H15F3N2O2/c18-12-4-5-15(21-8-12)24-10-11-6-7-22(9-11)17(23)16-13(19)2-1-3-14(16)20/h1-5,8,11H,6-7,9-10H2. The van der Waals surface area contributed by atoms with Gasteiger partial charge in [0.1, 0.15) is 23.0 Å². The number of halogens is 3. The fourth-order valence-corrected chi connectivity index (χ4v) is 2.66. The second kappa shape index (κ2) is 6.90. The molecule has 24 heavy (non-hydrogen) atoms. The molecule has 0 saturated carbocycles. The lowest BCUT2D eigenvalue weighted by atomic mass is 10.1. The highest BCUT2D eigenvalue weighted by Crippen LogP contribution is 2.22. The zero-order valence-electron chi connectivity index (χ0n) is 12.7. The number of nitrogens with zero attached hydrogens (tertiary/aromatic N) is 2. The molecule has 2 heterocycles. The van der Waals surface area contributed by atoms with Crippen LogP contribution in [0.25, 0.3) is 0 Å². The molecule has 1 fully saturated rings. The maximum absolute atomic E-state index is 13.7. The highest BCUT2D eigenvalue weighted by molar-refractivity contribution is 5.94. The maximum Gasteiger partial charge on any atom is 0.259 e. The smallest absolute Gasteiger partial charge is 0.259 e. The summed E-state index contributed by atoms with van der Waals surface area (Å²) < 4.78 is 45.6. The first kappa shape index (κ1) is 16.3. The van der Waals surface area contributed by atoms with E-state index < -0.39 is 28.9 Å². The number of likely N-dealkylation sites (tertiary alicyclic amines) is 1. The van der Waals surface area contributed by atoms with Crippen molar-refractivity contribution >= 4 is 5.91 Å². The maximum atomic E-state index is 13.7. The summed E-state index contributed by atoms with van der Waals surface area (Å²) in [5, 5.41) is 0. The molecule has 3 rings (SSSR count). The summed E-state index contributed by atoms with van der Waals surface area (Å²) in [6, 6.07) is 6.01. The number of hydrogen-bond acceptors (Lipinski definition) is 3. The number of carbonyl (C=O) groups excluding carboxylic acids is 1. The van der Waals surface area contributed by atoms with Crippen molar-refractivity contribution in [1.82, 2.24) is 9.88 Å². The van der Waals surface area contributed by atoms with E-state index in [1.807, 2.05) is 0 Å². The van der Waals surface area contributed by atoms with Crippen molar-refractivity contribution in [3.63, 3.8) is 0 Å². The van der Waals surface area contributed by atoms with Gasteiger partial charge in [-0.15, -0.1) is 0 Å². The third-order valence-electron chi connectivity index (χ3n) is 3.92. The van der Waals surface area contributed by atoms with Gasteiger partial charge in [0.2, 0.25) is 5.88 Å². The molecule has 7 heteroatoms. The molecule has 0 spiro atoms. The van der Waals surface area contributed by atoms with Crippen molar-refractivity contribution in [3.05, 3.63) is 59.5 Å². The number of pyridine rings is 1. The second-order valence-electron chi connectivity index (χ2n) is 5.63. The molecule has 1 aliphatic heterocycles. The summed E-state index contributed by atoms with van der Waals surface area (Å²) in [5.74, 6) is -2.53. The van der Waals surface area contributed by atoms with Gasteiger partial charge in [-0.1, -0.05) is 6.07 Å². The molecule has 1 saturated heterocycles. The van der Waals surface area contributed by atoms with Crippen LogP contribution in [0.4, 0.5) is 13.2 Å². The van der Waals surface area contributed by atoms with E-state index in [9.17, 15) is 18.0 Å². The molecule has 0 N–H and O–H groups in total. The summed E-state index contributed by atoms with van der Waals surface area (Å²) in [6.45, 7) is 1.04. The Bertz CT molecular complexity index is 717. The van der Waals surface area contributed by atoms with Crippen LogP contribution in [0.2, 0.25) is 0 Å². The normalized spacial score (nSPS) is 17.1. The molecule has 0 bridgehead atoms. The van der Waals surface area contributed by atoms with Crippen LogP contribution in [0.1, 0.15) is 16.8 Å². The number of benzene rings is 1. The van der Waals surface area contributed by atoms with Gasteiger partial charge in [-0.2, -0.15) is 0 Å². The van der Waals surface area contributed by atoms with Crippen LogP contribution in [-0.2, 0) is 0 Å². The van der Waals surface area contributed by atoms with E-state index in [0.717, 1.165) is 18.3 Å². The van der Waals surface area contributed by atoms with Gasteiger partial charge in [-0.25, -0.2) is 18.2 Å². The van der Waals surface area contributed by atoms with E-state index >= 15 is 0 Å². The predicted molar refractivity (Wildman–Crippen MR) is 80.1 cm³/mol. The number of aromatic nitrogens is 1. The van der Waals surface area contributed by atoms with E-state index in [4.69, 9.17) is 4.74 Å². The number of hydrogen-bond donors (Lipinski definition) is 0. The SMILES string of the molecule is O=C(c1c(F)cccc1F)N1CCC(COc2ccc(F)cn2)C1.